The summed E-state index contributed by atoms with van der Waals surface area (Å²) in [6.45, 7) is 2.11. The highest BCUT2D eigenvalue weighted by Crippen LogP contribution is 2.48. The lowest BCUT2D eigenvalue weighted by molar-refractivity contribution is 0.0819. The highest BCUT2D eigenvalue weighted by molar-refractivity contribution is 5.97. The fourth-order valence-electron chi connectivity index (χ4n) is 4.88. The summed E-state index contributed by atoms with van der Waals surface area (Å²) in [4.78, 5) is 55.1. The molecule has 1 atom stereocenters. The monoisotopic (exact) mass is 482 g/mol. The van der Waals surface area contributed by atoms with Gasteiger partial charge in [0.2, 0.25) is 0 Å². The van der Waals surface area contributed by atoms with Crippen molar-refractivity contribution in [1.29, 1.82) is 0 Å². The molecular formula is C24H30N6O5. The Hall–Kier alpha value is -3.89. The van der Waals surface area contributed by atoms with E-state index in [1.807, 2.05) is 0 Å². The van der Waals surface area contributed by atoms with Crippen LogP contribution < -0.4 is 27.2 Å². The number of amides is 1. The predicted molar refractivity (Wildman–Crippen MR) is 132 cm³/mol. The van der Waals surface area contributed by atoms with E-state index in [0.717, 1.165) is 25.7 Å². The van der Waals surface area contributed by atoms with Crippen LogP contribution in [0.15, 0.2) is 32.8 Å². The molecule has 2 heterocycles. The minimum absolute atomic E-state index is 0.00715. The second-order valence-corrected chi connectivity index (χ2v) is 9.73. The summed E-state index contributed by atoms with van der Waals surface area (Å²) in [5.74, 6) is -0.927. The summed E-state index contributed by atoms with van der Waals surface area (Å²) >= 11 is 0. The highest BCUT2D eigenvalue weighted by atomic mass is 16.3. The largest absolute Gasteiger partial charge is 0.504 e. The van der Waals surface area contributed by atoms with Crippen LogP contribution in [0.2, 0.25) is 0 Å². The lowest BCUT2D eigenvalue weighted by Crippen LogP contribution is -2.40. The molecule has 2 aromatic heterocycles. The van der Waals surface area contributed by atoms with Gasteiger partial charge in [0.05, 0.1) is 17.4 Å². The summed E-state index contributed by atoms with van der Waals surface area (Å²) in [5, 5.41) is 16.7. The standard InChI is InChI=1S/C24H30N6O5/c1-24(9-6-7-10-24)21(14-12-29(4)23(35)30(14)5)27-16-15(19(32)20(16)33)26-13-8-11-25-17(18(13)31)22(34)28(2)3/h8,11-12,21,27,31H,6-7,9-10H2,1-5H3,(H,25,26)/t21-/m0/s1. The van der Waals surface area contributed by atoms with Crippen molar-refractivity contribution in [1.82, 2.24) is 19.0 Å². The number of nitrogens with zero attached hydrogens (tertiary/aromatic N) is 4. The Labute approximate surface area is 201 Å². The lowest BCUT2D eigenvalue weighted by Gasteiger charge is -2.36. The molecule has 1 aliphatic carbocycles. The summed E-state index contributed by atoms with van der Waals surface area (Å²) in [6.07, 6.45) is 6.93. The Kier molecular flexibility index (Phi) is 6.04. The van der Waals surface area contributed by atoms with Crippen LogP contribution in [0.1, 0.15) is 54.8 Å². The molecule has 1 saturated carbocycles. The molecule has 1 aromatic carbocycles. The van der Waals surface area contributed by atoms with Gasteiger partial charge in [0.1, 0.15) is 11.4 Å². The highest BCUT2D eigenvalue weighted by Gasteiger charge is 2.41. The molecular weight excluding hydrogens is 452 g/mol. The first kappa shape index (κ1) is 24.2. The van der Waals surface area contributed by atoms with Gasteiger partial charge in [-0.3, -0.25) is 19.0 Å². The molecule has 0 bridgehead atoms. The zero-order valence-corrected chi connectivity index (χ0v) is 20.5. The summed E-state index contributed by atoms with van der Waals surface area (Å²) in [6, 6.07) is 1.02. The number of hydrogen-bond acceptors (Lipinski definition) is 8. The van der Waals surface area contributed by atoms with Gasteiger partial charge < -0.3 is 25.2 Å². The Morgan fingerprint density at radius 3 is 2.34 bits per heavy atom. The summed E-state index contributed by atoms with van der Waals surface area (Å²) in [7, 11) is 6.42. The van der Waals surface area contributed by atoms with Gasteiger partial charge in [0, 0.05) is 40.6 Å². The number of imidazole rings is 1. The Morgan fingerprint density at radius 2 is 1.77 bits per heavy atom. The number of hydrogen-bond donors (Lipinski definition) is 3. The molecule has 3 aromatic rings. The maximum absolute atomic E-state index is 12.6. The molecule has 35 heavy (non-hydrogen) atoms. The smallest absolute Gasteiger partial charge is 0.327 e. The first-order valence-corrected chi connectivity index (χ1v) is 11.4. The molecule has 3 N–H and O–H groups in total. The number of anilines is 3. The van der Waals surface area contributed by atoms with E-state index in [0.29, 0.717) is 5.69 Å². The van der Waals surface area contributed by atoms with Crippen molar-refractivity contribution < 1.29 is 9.90 Å². The molecule has 11 heteroatoms. The van der Waals surface area contributed by atoms with Gasteiger partial charge in [-0.05, 0) is 24.3 Å². The van der Waals surface area contributed by atoms with Gasteiger partial charge in [0.25, 0.3) is 16.8 Å². The third kappa shape index (κ3) is 4.00. The Bertz CT molecular complexity index is 1420. The van der Waals surface area contributed by atoms with E-state index < -0.39 is 28.6 Å². The van der Waals surface area contributed by atoms with Crippen molar-refractivity contribution in [2.24, 2.45) is 19.5 Å². The van der Waals surface area contributed by atoms with Gasteiger partial charge in [0.15, 0.2) is 11.4 Å². The minimum atomic E-state index is -0.735. The Morgan fingerprint density at radius 1 is 1.14 bits per heavy atom. The summed E-state index contributed by atoms with van der Waals surface area (Å²) in [5.41, 5.74) is -1.15. The molecule has 0 saturated heterocycles. The van der Waals surface area contributed by atoms with Gasteiger partial charge in [-0.15, -0.1) is 0 Å². The maximum atomic E-state index is 12.6. The van der Waals surface area contributed by atoms with Crippen molar-refractivity contribution in [3.05, 3.63) is 60.8 Å². The van der Waals surface area contributed by atoms with E-state index in [4.69, 9.17) is 0 Å². The number of pyridine rings is 1. The zero-order chi connectivity index (χ0) is 25.7. The molecule has 1 aliphatic rings. The second kappa shape index (κ2) is 8.71. The molecule has 1 amide bonds. The summed E-state index contributed by atoms with van der Waals surface area (Å²) < 4.78 is 3.04. The van der Waals surface area contributed by atoms with E-state index in [1.165, 1.54) is 35.8 Å². The van der Waals surface area contributed by atoms with Crippen molar-refractivity contribution in [2.45, 2.75) is 38.6 Å². The fraction of sp³-hybridized carbons (Fsp3) is 0.458. The fourth-order valence-corrected chi connectivity index (χ4v) is 4.88. The van der Waals surface area contributed by atoms with Crippen molar-refractivity contribution in [3.63, 3.8) is 0 Å². The molecule has 0 unspecified atom stereocenters. The van der Waals surface area contributed by atoms with E-state index >= 15 is 0 Å². The first-order valence-electron chi connectivity index (χ1n) is 11.4. The van der Waals surface area contributed by atoms with E-state index in [1.54, 1.807) is 24.9 Å². The molecule has 0 spiro atoms. The van der Waals surface area contributed by atoms with E-state index in [9.17, 15) is 24.3 Å². The van der Waals surface area contributed by atoms with Crippen LogP contribution in [-0.4, -0.2) is 44.1 Å². The van der Waals surface area contributed by atoms with Crippen molar-refractivity contribution in [3.8, 4) is 5.75 Å². The second-order valence-electron chi connectivity index (χ2n) is 9.73. The maximum Gasteiger partial charge on any atom is 0.327 e. The Balaban J connectivity index is 1.73. The van der Waals surface area contributed by atoms with Crippen LogP contribution in [0, 0.1) is 5.41 Å². The average Bonchev–Trinajstić information content (AvgIpc) is 3.38. The van der Waals surface area contributed by atoms with E-state index in [-0.39, 0.29) is 33.9 Å². The van der Waals surface area contributed by atoms with Crippen LogP contribution >= 0.6 is 0 Å². The van der Waals surface area contributed by atoms with E-state index in [2.05, 4.69) is 22.5 Å². The van der Waals surface area contributed by atoms with Gasteiger partial charge >= 0.3 is 5.69 Å². The van der Waals surface area contributed by atoms with Crippen molar-refractivity contribution in [2.75, 3.05) is 24.7 Å². The van der Waals surface area contributed by atoms with Crippen molar-refractivity contribution >= 4 is 23.0 Å². The average molecular weight is 483 g/mol. The number of carbonyl (C=O) groups is 1. The SMILES string of the molecule is CN(C)C(=O)c1nccc(Nc2c(N[C@@H](c3cn(C)c(=O)n3C)C3(C)CCCC3)c(=O)c2=O)c1O. The normalized spacial score (nSPS) is 15.8. The van der Waals surface area contributed by atoms with Gasteiger partial charge in [-0.2, -0.15) is 0 Å². The molecule has 0 radical (unpaired) electrons. The third-order valence-corrected chi connectivity index (χ3v) is 7.03. The van der Waals surface area contributed by atoms with Crippen LogP contribution in [-0.2, 0) is 14.1 Å². The zero-order valence-electron chi connectivity index (χ0n) is 20.5. The molecule has 11 nitrogen and oxygen atoms in total. The van der Waals surface area contributed by atoms with Crippen LogP contribution in [0.3, 0.4) is 0 Å². The quantitative estimate of drug-likeness (QED) is 0.432. The molecule has 4 rings (SSSR count). The number of nitrogens with one attached hydrogen (secondary N) is 2. The number of carbonyl (C=O) groups excluding carboxylic acids is 1. The predicted octanol–water partition coefficient (Wildman–Crippen LogP) is 1.60. The van der Waals surface area contributed by atoms with Gasteiger partial charge in [-0.25, -0.2) is 9.78 Å². The van der Waals surface area contributed by atoms with Crippen LogP contribution in [0.25, 0.3) is 0 Å². The molecule has 1 fully saturated rings. The minimum Gasteiger partial charge on any atom is -0.504 e. The molecule has 186 valence electrons. The lowest BCUT2D eigenvalue weighted by atomic mass is 9.78. The topological polar surface area (TPSA) is 139 Å². The number of aromatic nitrogens is 3. The van der Waals surface area contributed by atoms with Crippen LogP contribution in [0.4, 0.5) is 17.1 Å². The van der Waals surface area contributed by atoms with Crippen LogP contribution in [0.5, 0.6) is 5.75 Å². The number of aromatic hydroxyl groups is 1. The first-order chi connectivity index (χ1) is 16.5. The number of aryl methyl sites for hydroxylation is 1. The van der Waals surface area contributed by atoms with Gasteiger partial charge in [-0.1, -0.05) is 19.8 Å². The molecule has 0 aliphatic heterocycles. The number of rotatable bonds is 7. The third-order valence-electron chi connectivity index (χ3n) is 7.03.